The highest BCUT2D eigenvalue weighted by atomic mass is 32.1. The molecule has 90 valence electrons. The first-order chi connectivity index (χ1) is 8.67. The molecule has 0 saturated carbocycles. The molecule has 2 aliphatic rings. The molecule has 0 radical (unpaired) electrons. The second-order valence-corrected chi connectivity index (χ2v) is 5.29. The van der Waals surface area contributed by atoms with Crippen LogP contribution in [0.4, 0.5) is 0 Å². The van der Waals surface area contributed by atoms with Gasteiger partial charge in [0, 0.05) is 6.07 Å². The smallest absolute Gasteiger partial charge is 0.145 e. The van der Waals surface area contributed by atoms with Crippen LogP contribution in [0.3, 0.4) is 0 Å². The average Bonchev–Trinajstić information content (AvgIpc) is 2.35. The number of fused-ring (bicyclic) bond motifs is 2. The molecule has 0 unspecified atom stereocenters. The van der Waals surface area contributed by atoms with E-state index in [1.54, 1.807) is 18.4 Å². The van der Waals surface area contributed by atoms with Crippen molar-refractivity contribution in [2.45, 2.75) is 6.92 Å². The molecule has 0 amide bonds. The number of methoxy groups -OCH3 is 1. The van der Waals surface area contributed by atoms with Gasteiger partial charge in [-0.05, 0) is 30.7 Å². The zero-order chi connectivity index (χ0) is 12.7. The van der Waals surface area contributed by atoms with Crippen LogP contribution in [0.5, 0.6) is 5.75 Å². The molecule has 0 fully saturated rings. The van der Waals surface area contributed by atoms with Gasteiger partial charge in [0.2, 0.25) is 0 Å². The molecule has 1 aliphatic heterocycles. The Morgan fingerprint density at radius 2 is 2.06 bits per heavy atom. The van der Waals surface area contributed by atoms with Gasteiger partial charge >= 0.3 is 0 Å². The van der Waals surface area contributed by atoms with Gasteiger partial charge in [0.1, 0.15) is 5.75 Å². The van der Waals surface area contributed by atoms with Crippen molar-refractivity contribution >= 4 is 21.6 Å². The van der Waals surface area contributed by atoms with Gasteiger partial charge in [-0.2, -0.15) is 0 Å². The molecule has 0 spiro atoms. The Labute approximate surface area is 109 Å². The summed E-state index contributed by atoms with van der Waals surface area (Å²) in [6, 6.07) is 9.85. The molecule has 0 saturated heterocycles. The van der Waals surface area contributed by atoms with Crippen LogP contribution in [0.25, 0.3) is 20.8 Å². The fourth-order valence-corrected chi connectivity index (χ4v) is 3.02. The maximum absolute atomic E-state index is 7.86. The highest BCUT2D eigenvalue weighted by Gasteiger charge is 2.10. The highest BCUT2D eigenvalue weighted by Crippen LogP contribution is 2.31. The van der Waals surface area contributed by atoms with Gasteiger partial charge < -0.3 is 4.74 Å². The normalized spacial score (nSPS) is 11.0. The maximum atomic E-state index is 7.86. The van der Waals surface area contributed by atoms with Crippen LogP contribution in [0.1, 0.15) is 5.56 Å². The van der Waals surface area contributed by atoms with Crippen molar-refractivity contribution in [1.29, 1.82) is 5.41 Å². The molecule has 0 aromatic heterocycles. The Balaban J connectivity index is 2.39. The molecule has 0 atom stereocenters. The van der Waals surface area contributed by atoms with Gasteiger partial charge in [0.15, 0.2) is 0 Å². The van der Waals surface area contributed by atoms with E-state index in [0.29, 0.717) is 11.1 Å². The fraction of sp³-hybridized carbons (Fsp3) is 0.143. The predicted octanol–water partition coefficient (Wildman–Crippen LogP) is 3.20. The van der Waals surface area contributed by atoms with Crippen molar-refractivity contribution in [3.05, 3.63) is 41.3 Å². The van der Waals surface area contributed by atoms with Crippen LogP contribution in [-0.4, -0.2) is 12.1 Å². The van der Waals surface area contributed by atoms with E-state index in [9.17, 15) is 0 Å². The van der Waals surface area contributed by atoms with E-state index in [2.05, 4.69) is 24.0 Å². The van der Waals surface area contributed by atoms with Gasteiger partial charge in [-0.15, -0.1) is 11.3 Å². The molecule has 1 heterocycles. The van der Waals surface area contributed by atoms with E-state index < -0.39 is 0 Å². The summed E-state index contributed by atoms with van der Waals surface area (Å²) in [7, 11) is 1.58. The number of aromatic nitrogens is 1. The Bertz CT molecular complexity index is 764. The van der Waals surface area contributed by atoms with Crippen molar-refractivity contribution in [3.63, 3.8) is 0 Å². The summed E-state index contributed by atoms with van der Waals surface area (Å²) in [6.07, 6.45) is 0. The second-order valence-electron chi connectivity index (χ2n) is 4.21. The first-order valence-electron chi connectivity index (χ1n) is 5.61. The monoisotopic (exact) mass is 256 g/mol. The molecule has 3 nitrogen and oxygen atoms in total. The molecular formula is C14H12N2OS. The zero-order valence-electron chi connectivity index (χ0n) is 10.2. The molecular weight excluding hydrogens is 244 g/mol. The van der Waals surface area contributed by atoms with Crippen molar-refractivity contribution < 1.29 is 4.74 Å². The summed E-state index contributed by atoms with van der Waals surface area (Å²) in [5.74, 6) is 0.564. The van der Waals surface area contributed by atoms with Crippen molar-refractivity contribution in [3.8, 4) is 16.3 Å². The summed E-state index contributed by atoms with van der Waals surface area (Å²) in [6.45, 7) is 2.07. The highest BCUT2D eigenvalue weighted by molar-refractivity contribution is 7.21. The summed E-state index contributed by atoms with van der Waals surface area (Å²) in [4.78, 5) is 5.63. The van der Waals surface area contributed by atoms with Crippen molar-refractivity contribution in [2.75, 3.05) is 7.11 Å². The lowest BCUT2D eigenvalue weighted by Crippen LogP contribution is -2.05. The van der Waals surface area contributed by atoms with E-state index in [1.807, 2.05) is 18.2 Å². The lowest BCUT2D eigenvalue weighted by atomic mass is 10.2. The molecule has 0 bridgehead atoms. The van der Waals surface area contributed by atoms with Crippen LogP contribution in [0, 0.1) is 12.3 Å². The summed E-state index contributed by atoms with van der Waals surface area (Å²) >= 11 is 1.66. The van der Waals surface area contributed by atoms with Gasteiger partial charge in [-0.1, -0.05) is 6.07 Å². The van der Waals surface area contributed by atoms with Crippen molar-refractivity contribution in [2.24, 2.45) is 0 Å². The molecule has 1 aromatic rings. The van der Waals surface area contributed by atoms with E-state index in [4.69, 9.17) is 10.1 Å². The number of nitrogens with one attached hydrogen (secondary N) is 1. The summed E-state index contributed by atoms with van der Waals surface area (Å²) < 4.78 is 6.31. The molecule has 1 aliphatic carbocycles. The van der Waals surface area contributed by atoms with Gasteiger partial charge in [0.25, 0.3) is 0 Å². The Morgan fingerprint density at radius 1 is 1.22 bits per heavy atom. The molecule has 1 N–H and O–H groups in total. The van der Waals surface area contributed by atoms with Crippen LogP contribution < -0.4 is 10.1 Å². The third-order valence-electron chi connectivity index (χ3n) is 2.86. The number of hydrogen-bond donors (Lipinski definition) is 1. The maximum Gasteiger partial charge on any atom is 0.145 e. The first kappa shape index (κ1) is 11.2. The SMILES string of the molecule is COc1cc2nc3ccc(C)cc3sc-2cc1=N. The molecule has 1 aromatic carbocycles. The minimum Gasteiger partial charge on any atom is -0.494 e. The number of hydrogen-bond acceptors (Lipinski definition) is 4. The van der Waals surface area contributed by atoms with Crippen LogP contribution in [0.15, 0.2) is 30.3 Å². The number of ether oxygens (including phenoxy) is 1. The molecule has 18 heavy (non-hydrogen) atoms. The number of rotatable bonds is 1. The average molecular weight is 256 g/mol. The topological polar surface area (TPSA) is 46.0 Å². The van der Waals surface area contributed by atoms with Gasteiger partial charge in [-0.25, -0.2) is 4.98 Å². The Morgan fingerprint density at radius 3 is 2.83 bits per heavy atom. The quantitative estimate of drug-likeness (QED) is 0.680. The third kappa shape index (κ3) is 1.75. The van der Waals surface area contributed by atoms with E-state index >= 15 is 0 Å². The Hall–Kier alpha value is -1.94. The Kier molecular flexibility index (Phi) is 2.52. The second kappa shape index (κ2) is 4.07. The molecule has 3 rings (SSSR count). The summed E-state index contributed by atoms with van der Waals surface area (Å²) in [5, 5.41) is 8.26. The predicted molar refractivity (Wildman–Crippen MR) is 73.4 cm³/mol. The third-order valence-corrected chi connectivity index (χ3v) is 3.95. The standard InChI is InChI=1S/C14H12N2OS/c1-8-3-4-10-13(5-8)18-14-6-9(15)12(17-2)7-11(14)16-10/h3-7,15H,1-2H3. The first-order valence-corrected chi connectivity index (χ1v) is 6.43. The lowest BCUT2D eigenvalue weighted by Gasteiger charge is -2.08. The summed E-state index contributed by atoms with van der Waals surface area (Å²) in [5.41, 5.74) is 3.08. The molecule has 4 heteroatoms. The van der Waals surface area contributed by atoms with Crippen LogP contribution >= 0.6 is 11.3 Å². The minimum absolute atomic E-state index is 0.398. The minimum atomic E-state index is 0.398. The largest absolute Gasteiger partial charge is 0.494 e. The van der Waals surface area contributed by atoms with Crippen molar-refractivity contribution in [1.82, 2.24) is 4.98 Å². The number of aryl methyl sites for hydroxylation is 1. The van der Waals surface area contributed by atoms with Gasteiger partial charge in [-0.3, -0.25) is 5.41 Å². The van der Waals surface area contributed by atoms with E-state index in [1.165, 1.54) is 5.56 Å². The van der Waals surface area contributed by atoms with Crippen LogP contribution in [-0.2, 0) is 0 Å². The number of benzene rings is 2. The number of nitrogens with zero attached hydrogens (tertiary/aromatic N) is 1. The lowest BCUT2D eigenvalue weighted by molar-refractivity contribution is 0.408. The van der Waals surface area contributed by atoms with E-state index in [0.717, 1.165) is 20.8 Å². The zero-order valence-corrected chi connectivity index (χ0v) is 11.0. The fourth-order valence-electron chi connectivity index (χ4n) is 1.93. The van der Waals surface area contributed by atoms with Gasteiger partial charge in [0.05, 0.1) is 33.3 Å². The van der Waals surface area contributed by atoms with Crippen LogP contribution in [0.2, 0.25) is 0 Å². The van der Waals surface area contributed by atoms with E-state index in [-0.39, 0.29) is 0 Å².